The minimum Gasteiger partial charge on any atom is -0.444 e. The first kappa shape index (κ1) is 17.2. The van der Waals surface area contributed by atoms with E-state index in [9.17, 15) is 9.90 Å². The van der Waals surface area contributed by atoms with Crippen LogP contribution in [0.25, 0.3) is 0 Å². The third kappa shape index (κ3) is 4.43. The van der Waals surface area contributed by atoms with Crippen LogP contribution in [0, 0.1) is 5.92 Å². The molecule has 0 radical (unpaired) electrons. The fourth-order valence-electron chi connectivity index (χ4n) is 2.60. The SMILES string of the molecule is CC(C)(C)OC(=O)N1CCC([C@H](O)c2cccnc2Br)CC1. The molecule has 0 aliphatic carbocycles. The molecule has 122 valence electrons. The van der Waals surface area contributed by atoms with E-state index < -0.39 is 11.7 Å². The Morgan fingerprint density at radius 1 is 1.45 bits per heavy atom. The van der Waals surface area contributed by atoms with Crippen LogP contribution in [0.3, 0.4) is 0 Å². The van der Waals surface area contributed by atoms with Gasteiger partial charge in [0, 0.05) is 24.8 Å². The topological polar surface area (TPSA) is 62.7 Å². The summed E-state index contributed by atoms with van der Waals surface area (Å²) in [6.07, 6.45) is 2.35. The van der Waals surface area contributed by atoms with Gasteiger partial charge in [-0.3, -0.25) is 0 Å². The summed E-state index contributed by atoms with van der Waals surface area (Å²) in [5.41, 5.74) is 0.326. The van der Waals surface area contributed by atoms with Crippen LogP contribution in [-0.4, -0.2) is 39.8 Å². The van der Waals surface area contributed by atoms with Gasteiger partial charge in [-0.25, -0.2) is 9.78 Å². The number of amides is 1. The molecule has 0 unspecified atom stereocenters. The molecule has 1 N–H and O–H groups in total. The molecule has 0 saturated carbocycles. The molecule has 6 heteroatoms. The zero-order chi connectivity index (χ0) is 16.3. The van der Waals surface area contributed by atoms with E-state index >= 15 is 0 Å². The first-order valence-corrected chi connectivity index (χ1v) is 8.33. The van der Waals surface area contributed by atoms with E-state index in [2.05, 4.69) is 20.9 Å². The normalized spacial score (nSPS) is 18.1. The zero-order valence-corrected chi connectivity index (χ0v) is 14.8. The van der Waals surface area contributed by atoms with Gasteiger partial charge in [0.05, 0.1) is 6.10 Å². The van der Waals surface area contributed by atoms with Gasteiger partial charge in [0.1, 0.15) is 10.2 Å². The molecular weight excluding hydrogens is 348 g/mol. The fraction of sp³-hybridized carbons (Fsp3) is 0.625. The quantitative estimate of drug-likeness (QED) is 0.808. The molecule has 1 aromatic heterocycles. The molecule has 0 aromatic carbocycles. The van der Waals surface area contributed by atoms with Gasteiger partial charge in [-0.2, -0.15) is 0 Å². The van der Waals surface area contributed by atoms with Gasteiger partial charge in [-0.1, -0.05) is 6.07 Å². The molecule has 1 aliphatic heterocycles. The minimum absolute atomic E-state index is 0.124. The number of piperidine rings is 1. The van der Waals surface area contributed by atoms with E-state index in [-0.39, 0.29) is 12.0 Å². The van der Waals surface area contributed by atoms with Gasteiger partial charge in [0.2, 0.25) is 0 Å². The highest BCUT2D eigenvalue weighted by molar-refractivity contribution is 9.10. The summed E-state index contributed by atoms with van der Waals surface area (Å²) in [4.78, 5) is 17.9. The van der Waals surface area contributed by atoms with Crippen molar-refractivity contribution in [2.75, 3.05) is 13.1 Å². The number of nitrogens with zero attached hydrogens (tertiary/aromatic N) is 2. The maximum absolute atomic E-state index is 12.0. The average Bonchev–Trinajstić information content (AvgIpc) is 2.45. The Balaban J connectivity index is 1.92. The smallest absolute Gasteiger partial charge is 0.410 e. The van der Waals surface area contributed by atoms with Crippen LogP contribution in [0.2, 0.25) is 0 Å². The van der Waals surface area contributed by atoms with Crippen LogP contribution >= 0.6 is 15.9 Å². The van der Waals surface area contributed by atoms with Crippen molar-refractivity contribution in [3.63, 3.8) is 0 Å². The standard InChI is InChI=1S/C16H23BrN2O3/c1-16(2,3)22-15(21)19-9-6-11(7-10-19)13(20)12-5-4-8-18-14(12)17/h4-5,8,11,13,20H,6-7,9-10H2,1-3H3/t13-/m0/s1. The number of carbonyl (C=O) groups excluding carboxylic acids is 1. The number of ether oxygens (including phenoxy) is 1. The van der Waals surface area contributed by atoms with Crippen LogP contribution in [-0.2, 0) is 4.74 Å². The van der Waals surface area contributed by atoms with Crippen molar-refractivity contribution in [2.24, 2.45) is 5.92 Å². The van der Waals surface area contributed by atoms with Gasteiger partial charge in [-0.15, -0.1) is 0 Å². The Bertz CT molecular complexity index is 522. The zero-order valence-electron chi connectivity index (χ0n) is 13.3. The molecule has 1 atom stereocenters. The summed E-state index contributed by atoms with van der Waals surface area (Å²) >= 11 is 3.38. The second-order valence-electron chi connectivity index (χ2n) is 6.63. The molecule has 0 spiro atoms. The van der Waals surface area contributed by atoms with E-state index in [0.29, 0.717) is 17.7 Å². The monoisotopic (exact) mass is 370 g/mol. The number of halogens is 1. The molecule has 1 fully saturated rings. The average molecular weight is 371 g/mol. The first-order chi connectivity index (χ1) is 10.3. The van der Waals surface area contributed by atoms with Crippen molar-refractivity contribution in [2.45, 2.75) is 45.3 Å². The van der Waals surface area contributed by atoms with Crippen molar-refractivity contribution in [3.05, 3.63) is 28.5 Å². The molecule has 1 aromatic rings. The van der Waals surface area contributed by atoms with Gasteiger partial charge in [-0.05, 0) is 61.5 Å². The van der Waals surface area contributed by atoms with Crippen molar-refractivity contribution in [3.8, 4) is 0 Å². The van der Waals surface area contributed by atoms with Gasteiger partial charge >= 0.3 is 6.09 Å². The van der Waals surface area contributed by atoms with E-state index in [1.165, 1.54) is 0 Å². The summed E-state index contributed by atoms with van der Waals surface area (Å²) in [5.74, 6) is 0.124. The van der Waals surface area contributed by atoms with Crippen molar-refractivity contribution in [1.82, 2.24) is 9.88 Å². The lowest BCUT2D eigenvalue weighted by atomic mass is 9.88. The summed E-state index contributed by atoms with van der Waals surface area (Å²) in [5, 5.41) is 10.5. The molecule has 5 nitrogen and oxygen atoms in total. The molecule has 0 bridgehead atoms. The van der Waals surface area contributed by atoms with Crippen LogP contribution < -0.4 is 0 Å². The number of rotatable bonds is 2. The largest absolute Gasteiger partial charge is 0.444 e. The molecular formula is C16H23BrN2O3. The van der Waals surface area contributed by atoms with E-state index in [0.717, 1.165) is 18.4 Å². The van der Waals surface area contributed by atoms with Gasteiger partial charge in [0.15, 0.2) is 0 Å². The molecule has 22 heavy (non-hydrogen) atoms. The summed E-state index contributed by atoms with van der Waals surface area (Å²) in [6.45, 7) is 6.80. The maximum atomic E-state index is 12.0. The minimum atomic E-state index is -0.566. The lowest BCUT2D eigenvalue weighted by Gasteiger charge is -2.35. The highest BCUT2D eigenvalue weighted by Crippen LogP contribution is 2.33. The number of aliphatic hydroxyl groups excluding tert-OH is 1. The predicted octanol–water partition coefficient (Wildman–Crippen LogP) is 3.52. The number of likely N-dealkylation sites (tertiary alicyclic amines) is 1. The number of hydrogen-bond donors (Lipinski definition) is 1. The molecule has 2 heterocycles. The number of hydrogen-bond acceptors (Lipinski definition) is 4. The Morgan fingerprint density at radius 3 is 2.64 bits per heavy atom. The van der Waals surface area contributed by atoms with E-state index in [1.54, 1.807) is 11.1 Å². The number of aliphatic hydroxyl groups is 1. The second-order valence-corrected chi connectivity index (χ2v) is 7.38. The Hall–Kier alpha value is -1.14. The molecule has 1 aliphatic rings. The lowest BCUT2D eigenvalue weighted by molar-refractivity contribution is 0.00753. The summed E-state index contributed by atoms with van der Waals surface area (Å²) < 4.78 is 6.06. The summed E-state index contributed by atoms with van der Waals surface area (Å²) in [6, 6.07) is 3.70. The van der Waals surface area contributed by atoms with Crippen LogP contribution in [0.4, 0.5) is 4.79 Å². The maximum Gasteiger partial charge on any atom is 0.410 e. The van der Waals surface area contributed by atoms with Crippen LogP contribution in [0.15, 0.2) is 22.9 Å². The number of aromatic nitrogens is 1. The van der Waals surface area contributed by atoms with E-state index in [4.69, 9.17) is 4.74 Å². The first-order valence-electron chi connectivity index (χ1n) is 7.54. The van der Waals surface area contributed by atoms with Crippen molar-refractivity contribution in [1.29, 1.82) is 0 Å². The molecule has 1 saturated heterocycles. The third-order valence-electron chi connectivity index (χ3n) is 3.74. The van der Waals surface area contributed by atoms with Crippen molar-refractivity contribution < 1.29 is 14.6 Å². The van der Waals surface area contributed by atoms with Crippen molar-refractivity contribution >= 4 is 22.0 Å². The number of carbonyl (C=O) groups is 1. The molecule has 2 rings (SSSR count). The lowest BCUT2D eigenvalue weighted by Crippen LogP contribution is -2.42. The Morgan fingerprint density at radius 2 is 2.09 bits per heavy atom. The van der Waals surface area contributed by atoms with Gasteiger partial charge < -0.3 is 14.7 Å². The van der Waals surface area contributed by atoms with Crippen LogP contribution in [0.1, 0.15) is 45.3 Å². The second kappa shape index (κ2) is 6.96. The highest BCUT2D eigenvalue weighted by atomic mass is 79.9. The van der Waals surface area contributed by atoms with Gasteiger partial charge in [0.25, 0.3) is 0 Å². The Kier molecular flexibility index (Phi) is 5.45. The summed E-state index contributed by atoms with van der Waals surface area (Å²) in [7, 11) is 0. The predicted molar refractivity (Wildman–Crippen MR) is 87.4 cm³/mol. The highest BCUT2D eigenvalue weighted by Gasteiger charge is 2.31. The third-order valence-corrected chi connectivity index (χ3v) is 4.41. The number of pyridine rings is 1. The Labute approximate surface area is 139 Å². The van der Waals surface area contributed by atoms with Crippen LogP contribution in [0.5, 0.6) is 0 Å². The fourth-order valence-corrected chi connectivity index (χ4v) is 3.08. The van der Waals surface area contributed by atoms with E-state index in [1.807, 2.05) is 32.9 Å². The molecule has 1 amide bonds.